The standard InChI is InChI=1S/C26H41N3O4/c1-19-15-28(16-20(2)33-19)17-21-9-12-27(13-10-21)18-26(30)29-11-5-6-24(29)23-8-7-22(31-3)14-25(23)32-4/h7-8,14,19-21,24H,5-6,9-13,15-18H2,1-4H3. The van der Waals surface area contributed by atoms with Crippen LogP contribution in [0.1, 0.15) is 51.1 Å². The maximum atomic E-state index is 13.3. The summed E-state index contributed by atoms with van der Waals surface area (Å²) >= 11 is 0. The first-order valence-electron chi connectivity index (χ1n) is 12.6. The number of hydrogen-bond acceptors (Lipinski definition) is 6. The number of ether oxygens (including phenoxy) is 3. The molecule has 1 aromatic carbocycles. The summed E-state index contributed by atoms with van der Waals surface area (Å²) in [5, 5.41) is 0. The number of nitrogens with zero attached hydrogens (tertiary/aromatic N) is 3. The Labute approximate surface area is 198 Å². The molecule has 3 heterocycles. The number of methoxy groups -OCH3 is 2. The number of likely N-dealkylation sites (tertiary alicyclic amines) is 2. The molecule has 4 rings (SSSR count). The minimum absolute atomic E-state index is 0.0844. The molecule has 0 N–H and O–H groups in total. The monoisotopic (exact) mass is 459 g/mol. The van der Waals surface area contributed by atoms with Crippen LogP contribution in [0.2, 0.25) is 0 Å². The Morgan fingerprint density at radius 2 is 1.73 bits per heavy atom. The quantitative estimate of drug-likeness (QED) is 0.624. The Hall–Kier alpha value is -1.83. The first kappa shape index (κ1) is 24.3. The summed E-state index contributed by atoms with van der Waals surface area (Å²) in [5.41, 5.74) is 1.08. The van der Waals surface area contributed by atoms with Gasteiger partial charge in [-0.3, -0.25) is 14.6 Å². The largest absolute Gasteiger partial charge is 0.497 e. The molecule has 1 amide bonds. The van der Waals surface area contributed by atoms with E-state index in [1.165, 1.54) is 12.8 Å². The van der Waals surface area contributed by atoms with Gasteiger partial charge in [-0.25, -0.2) is 0 Å². The summed E-state index contributed by atoms with van der Waals surface area (Å²) in [6.45, 7) is 10.9. The average Bonchev–Trinajstić information content (AvgIpc) is 3.29. The van der Waals surface area contributed by atoms with Gasteiger partial charge in [0.15, 0.2) is 0 Å². The van der Waals surface area contributed by atoms with E-state index in [2.05, 4.69) is 28.5 Å². The molecule has 3 unspecified atom stereocenters. The Balaban J connectivity index is 1.29. The molecule has 184 valence electrons. The van der Waals surface area contributed by atoms with Gasteiger partial charge in [0.2, 0.25) is 5.91 Å². The third-order valence-electron chi connectivity index (χ3n) is 7.45. The number of carbonyl (C=O) groups is 1. The predicted molar refractivity (Wildman–Crippen MR) is 129 cm³/mol. The lowest BCUT2D eigenvalue weighted by molar-refractivity contribution is -0.133. The first-order valence-corrected chi connectivity index (χ1v) is 12.6. The van der Waals surface area contributed by atoms with Gasteiger partial charge < -0.3 is 19.1 Å². The van der Waals surface area contributed by atoms with E-state index in [0.717, 1.165) is 75.1 Å². The van der Waals surface area contributed by atoms with Crippen LogP contribution in [0.4, 0.5) is 0 Å². The number of rotatable bonds is 7. The lowest BCUT2D eigenvalue weighted by atomic mass is 9.95. The van der Waals surface area contributed by atoms with Crippen molar-refractivity contribution in [1.82, 2.24) is 14.7 Å². The van der Waals surface area contributed by atoms with Gasteiger partial charge in [-0.1, -0.05) is 0 Å². The number of morpholine rings is 1. The van der Waals surface area contributed by atoms with Crippen LogP contribution in [0.25, 0.3) is 0 Å². The van der Waals surface area contributed by atoms with Crippen LogP contribution in [0, 0.1) is 5.92 Å². The summed E-state index contributed by atoms with van der Waals surface area (Å²) in [4.78, 5) is 20.3. The fourth-order valence-corrected chi connectivity index (χ4v) is 5.89. The summed E-state index contributed by atoms with van der Waals surface area (Å²) in [6, 6.07) is 6.00. The highest BCUT2D eigenvalue weighted by Gasteiger charge is 2.33. The molecular weight excluding hydrogens is 418 g/mol. The number of piperidine rings is 1. The molecule has 0 bridgehead atoms. The normalized spacial score (nSPS) is 27.6. The van der Waals surface area contributed by atoms with E-state index >= 15 is 0 Å². The second kappa shape index (κ2) is 11.1. The number of carbonyl (C=O) groups excluding carboxylic acids is 1. The van der Waals surface area contributed by atoms with E-state index < -0.39 is 0 Å². The zero-order valence-electron chi connectivity index (χ0n) is 20.8. The fraction of sp³-hybridized carbons (Fsp3) is 0.731. The van der Waals surface area contributed by atoms with Gasteiger partial charge in [-0.15, -0.1) is 0 Å². The van der Waals surface area contributed by atoms with E-state index in [1.807, 2.05) is 18.2 Å². The van der Waals surface area contributed by atoms with Gasteiger partial charge in [-0.2, -0.15) is 0 Å². The van der Waals surface area contributed by atoms with Crippen molar-refractivity contribution in [1.29, 1.82) is 0 Å². The second-order valence-corrected chi connectivity index (χ2v) is 10.0. The molecule has 3 aliphatic rings. The summed E-state index contributed by atoms with van der Waals surface area (Å²) in [7, 11) is 3.34. The zero-order valence-corrected chi connectivity index (χ0v) is 20.8. The van der Waals surface area contributed by atoms with E-state index in [1.54, 1.807) is 14.2 Å². The zero-order chi connectivity index (χ0) is 23.4. The predicted octanol–water partition coefficient (Wildman–Crippen LogP) is 3.19. The first-order chi connectivity index (χ1) is 16.0. The molecule has 0 saturated carbocycles. The van der Waals surface area contributed by atoms with Crippen molar-refractivity contribution < 1.29 is 19.0 Å². The van der Waals surface area contributed by atoms with Crippen LogP contribution in [0.5, 0.6) is 11.5 Å². The van der Waals surface area contributed by atoms with E-state index in [-0.39, 0.29) is 11.9 Å². The topological polar surface area (TPSA) is 54.5 Å². The molecule has 7 heteroatoms. The number of amides is 1. The van der Waals surface area contributed by atoms with Crippen LogP contribution in [0.3, 0.4) is 0 Å². The van der Waals surface area contributed by atoms with Crippen molar-refractivity contribution in [3.8, 4) is 11.5 Å². The molecule has 7 nitrogen and oxygen atoms in total. The maximum Gasteiger partial charge on any atom is 0.237 e. The lowest BCUT2D eigenvalue weighted by Gasteiger charge is -2.39. The van der Waals surface area contributed by atoms with E-state index in [0.29, 0.717) is 18.8 Å². The molecule has 1 aromatic rings. The second-order valence-electron chi connectivity index (χ2n) is 10.0. The van der Waals surface area contributed by atoms with Crippen LogP contribution >= 0.6 is 0 Å². The Kier molecular flexibility index (Phi) is 8.15. The van der Waals surface area contributed by atoms with Crippen LogP contribution in [-0.4, -0.2) is 92.8 Å². The smallest absolute Gasteiger partial charge is 0.237 e. The molecule has 3 fully saturated rings. The summed E-state index contributed by atoms with van der Waals surface area (Å²) in [5.74, 6) is 2.53. The average molecular weight is 460 g/mol. The van der Waals surface area contributed by atoms with Gasteiger partial charge in [0.1, 0.15) is 11.5 Å². The molecule has 3 atom stereocenters. The fourth-order valence-electron chi connectivity index (χ4n) is 5.89. The summed E-state index contributed by atoms with van der Waals surface area (Å²) in [6.07, 6.45) is 5.00. The molecule has 0 radical (unpaired) electrons. The van der Waals surface area contributed by atoms with Gasteiger partial charge in [0.05, 0.1) is 39.0 Å². The molecular formula is C26H41N3O4. The highest BCUT2D eigenvalue weighted by atomic mass is 16.5. The van der Waals surface area contributed by atoms with Gasteiger partial charge >= 0.3 is 0 Å². The van der Waals surface area contributed by atoms with Crippen molar-refractivity contribution in [2.75, 3.05) is 60.0 Å². The molecule has 3 aliphatic heterocycles. The number of benzene rings is 1. The van der Waals surface area contributed by atoms with Crippen LogP contribution in [0.15, 0.2) is 18.2 Å². The molecule has 0 aromatic heterocycles. The van der Waals surface area contributed by atoms with Crippen molar-refractivity contribution in [2.24, 2.45) is 5.92 Å². The third kappa shape index (κ3) is 6.00. The van der Waals surface area contributed by atoms with Crippen LogP contribution < -0.4 is 9.47 Å². The van der Waals surface area contributed by atoms with Crippen molar-refractivity contribution in [3.05, 3.63) is 23.8 Å². The molecule has 0 spiro atoms. The van der Waals surface area contributed by atoms with Crippen molar-refractivity contribution >= 4 is 5.91 Å². The van der Waals surface area contributed by atoms with Gasteiger partial charge in [0.25, 0.3) is 0 Å². The SMILES string of the molecule is COc1ccc(C2CCCN2C(=O)CN2CCC(CN3CC(C)OC(C)C3)CC2)c(OC)c1. The third-order valence-corrected chi connectivity index (χ3v) is 7.45. The lowest BCUT2D eigenvalue weighted by Crippen LogP contribution is -2.49. The van der Waals surface area contributed by atoms with E-state index in [4.69, 9.17) is 14.2 Å². The maximum absolute atomic E-state index is 13.3. The van der Waals surface area contributed by atoms with Gasteiger partial charge in [0, 0.05) is 37.8 Å². The molecule has 33 heavy (non-hydrogen) atoms. The highest BCUT2D eigenvalue weighted by Crippen LogP contribution is 2.38. The Morgan fingerprint density at radius 3 is 2.39 bits per heavy atom. The highest BCUT2D eigenvalue weighted by molar-refractivity contribution is 5.79. The van der Waals surface area contributed by atoms with E-state index in [9.17, 15) is 4.79 Å². The Morgan fingerprint density at radius 1 is 1.00 bits per heavy atom. The van der Waals surface area contributed by atoms with Crippen molar-refractivity contribution in [3.63, 3.8) is 0 Å². The summed E-state index contributed by atoms with van der Waals surface area (Å²) < 4.78 is 16.8. The minimum atomic E-state index is 0.0844. The van der Waals surface area contributed by atoms with Crippen LogP contribution in [-0.2, 0) is 9.53 Å². The van der Waals surface area contributed by atoms with Crippen molar-refractivity contribution in [2.45, 2.75) is 57.8 Å². The number of hydrogen-bond donors (Lipinski definition) is 0. The minimum Gasteiger partial charge on any atom is -0.497 e. The van der Waals surface area contributed by atoms with Gasteiger partial charge in [-0.05, 0) is 70.7 Å². The Bertz CT molecular complexity index is 786. The molecule has 0 aliphatic carbocycles. The molecule has 3 saturated heterocycles.